The van der Waals surface area contributed by atoms with Gasteiger partial charge in [0.25, 0.3) is 0 Å². The smallest absolute Gasteiger partial charge is 0.407 e. The van der Waals surface area contributed by atoms with Crippen LogP contribution in [-0.4, -0.2) is 110 Å². The number of fused-ring (bicyclic) bond motifs is 6. The number of nitrogens with one attached hydrogen (secondary N) is 4. The van der Waals surface area contributed by atoms with Crippen LogP contribution in [0.4, 0.5) is 14.0 Å². The summed E-state index contributed by atoms with van der Waals surface area (Å²) in [6.07, 6.45) is 8.44. The highest BCUT2D eigenvalue weighted by molar-refractivity contribution is 7.12. The Morgan fingerprint density at radius 2 is 1.54 bits per heavy atom. The number of carbonyl (C=O) groups is 4. The van der Waals surface area contributed by atoms with Crippen LogP contribution in [0.5, 0.6) is 5.75 Å². The first kappa shape index (κ1) is 46.3. The number of thiophene rings is 1. The Kier molecular flexibility index (Phi) is 11.8. The predicted molar refractivity (Wildman–Crippen MR) is 264 cm³/mol. The highest BCUT2D eigenvalue weighted by atomic mass is 32.1. The van der Waals surface area contributed by atoms with Gasteiger partial charge in [0.1, 0.15) is 35.3 Å². The van der Waals surface area contributed by atoms with E-state index in [1.54, 1.807) is 22.4 Å². The monoisotopic (exact) mass is 999 g/mol. The lowest BCUT2D eigenvalue weighted by Crippen LogP contribution is -2.54. The molecule has 7 atom stereocenters. The molecule has 72 heavy (non-hydrogen) atoms. The van der Waals surface area contributed by atoms with E-state index in [0.29, 0.717) is 90.8 Å². The lowest BCUT2D eigenvalue weighted by molar-refractivity contribution is -0.138. The number of aromatic amines is 2. The molecule has 1 unspecified atom stereocenters. The molecule has 5 fully saturated rings. The molecule has 4 aromatic heterocycles. The summed E-state index contributed by atoms with van der Waals surface area (Å²) in [7, 11) is 2.58. The SMILES string of the molecule is COC(=O)N[C@H](C(=O)N1CCC[C@H]1c1ncc(-c2cc(F)c3c(c2)OC(c2ccc(C4CC4)s2)n2c-3cc3cc(-c4cnc([C@@H]5C[C@H]6C[C@H]6N5C(=O)[C@@H](NC(=O)OC)C5CCOCC5)[nH]4)ccc32)[nH]1)C(C)C. The molecule has 376 valence electrons. The number of hydrogen-bond acceptors (Lipinski definition) is 11. The lowest BCUT2D eigenvalue weighted by Gasteiger charge is -2.35. The zero-order valence-corrected chi connectivity index (χ0v) is 41.4. The topological polar surface area (TPSA) is 198 Å². The molecule has 19 heteroatoms. The first-order chi connectivity index (χ1) is 35.0. The number of piperidine rings is 1. The van der Waals surface area contributed by atoms with Gasteiger partial charge in [-0.3, -0.25) is 14.2 Å². The molecule has 0 spiro atoms. The van der Waals surface area contributed by atoms with E-state index < -0.39 is 36.3 Å². The average molecular weight is 1000 g/mol. The number of imidazole rings is 2. The summed E-state index contributed by atoms with van der Waals surface area (Å²) < 4.78 is 41.4. The minimum absolute atomic E-state index is 0.0652. The van der Waals surface area contributed by atoms with Crippen molar-refractivity contribution in [3.63, 3.8) is 0 Å². The summed E-state index contributed by atoms with van der Waals surface area (Å²) in [5, 5.41) is 6.45. The molecule has 4 N–H and O–H groups in total. The van der Waals surface area contributed by atoms with Gasteiger partial charge in [-0.15, -0.1) is 11.3 Å². The summed E-state index contributed by atoms with van der Waals surface area (Å²) in [6.45, 7) is 5.34. The highest BCUT2D eigenvalue weighted by Crippen LogP contribution is 2.54. The van der Waals surface area contributed by atoms with Crippen LogP contribution in [-0.2, 0) is 23.8 Å². The van der Waals surface area contributed by atoms with Crippen molar-refractivity contribution in [2.45, 2.75) is 108 Å². The molecule has 8 heterocycles. The molecule has 0 radical (unpaired) electrons. The number of ether oxygens (including phenoxy) is 4. The van der Waals surface area contributed by atoms with Crippen LogP contribution >= 0.6 is 11.3 Å². The first-order valence-electron chi connectivity index (χ1n) is 25.2. The number of aromatic nitrogens is 5. The molecule has 4 amide bonds. The van der Waals surface area contributed by atoms with Gasteiger partial charge in [0.2, 0.25) is 18.0 Å². The first-order valence-corrected chi connectivity index (χ1v) is 26.0. The van der Waals surface area contributed by atoms with Crippen LogP contribution in [0.25, 0.3) is 44.7 Å². The Morgan fingerprint density at radius 3 is 2.28 bits per heavy atom. The lowest BCUT2D eigenvalue weighted by atomic mass is 9.90. The third-order valence-electron chi connectivity index (χ3n) is 15.7. The van der Waals surface area contributed by atoms with Gasteiger partial charge in [0, 0.05) is 47.2 Å². The quantitative estimate of drug-likeness (QED) is 0.0918. The molecular formula is C53H58FN9O8S. The largest absolute Gasteiger partial charge is 0.464 e. The average Bonchev–Trinajstić information content (AvgIpc) is 3.85. The van der Waals surface area contributed by atoms with Crippen molar-refractivity contribution < 1.29 is 42.5 Å². The molecule has 6 aliphatic rings. The second-order valence-electron chi connectivity index (χ2n) is 20.5. The zero-order valence-electron chi connectivity index (χ0n) is 40.6. The fraction of sp³-hybridized carbons (Fsp3) is 0.472. The van der Waals surface area contributed by atoms with Gasteiger partial charge in [-0.1, -0.05) is 19.9 Å². The number of rotatable bonds is 12. The van der Waals surface area contributed by atoms with Crippen LogP contribution in [0.2, 0.25) is 0 Å². The van der Waals surface area contributed by atoms with Gasteiger partial charge in [-0.05, 0) is 118 Å². The van der Waals surface area contributed by atoms with Crippen LogP contribution in [0.3, 0.4) is 0 Å². The highest BCUT2D eigenvalue weighted by Gasteiger charge is 2.57. The van der Waals surface area contributed by atoms with Gasteiger partial charge < -0.3 is 49.3 Å². The molecule has 6 aromatic rings. The van der Waals surface area contributed by atoms with Crippen molar-refractivity contribution in [3.05, 3.63) is 88.1 Å². The van der Waals surface area contributed by atoms with E-state index in [-0.39, 0.29) is 41.8 Å². The van der Waals surface area contributed by atoms with Gasteiger partial charge in [-0.2, -0.15) is 0 Å². The van der Waals surface area contributed by atoms with Crippen molar-refractivity contribution >= 4 is 46.2 Å². The van der Waals surface area contributed by atoms with Crippen LogP contribution in [0.15, 0.2) is 60.9 Å². The maximum absolute atomic E-state index is 17.0. The van der Waals surface area contributed by atoms with Crippen molar-refractivity contribution in [2.75, 3.05) is 34.0 Å². The summed E-state index contributed by atoms with van der Waals surface area (Å²) in [5.41, 5.74) is 4.73. The number of methoxy groups -OCH3 is 2. The van der Waals surface area contributed by atoms with E-state index in [2.05, 4.69) is 43.4 Å². The van der Waals surface area contributed by atoms with Gasteiger partial charge in [0.05, 0.1) is 71.7 Å². The number of benzene rings is 2. The second-order valence-corrected chi connectivity index (χ2v) is 21.7. The summed E-state index contributed by atoms with van der Waals surface area (Å²) in [6, 6.07) is 13.8. The van der Waals surface area contributed by atoms with E-state index >= 15 is 4.39 Å². The van der Waals surface area contributed by atoms with Crippen LogP contribution in [0.1, 0.15) is 111 Å². The Balaban J connectivity index is 0.851. The number of amides is 4. The zero-order chi connectivity index (χ0) is 49.5. The fourth-order valence-electron chi connectivity index (χ4n) is 11.7. The minimum Gasteiger partial charge on any atom is -0.464 e. The molecule has 17 nitrogen and oxygen atoms in total. The Hall–Kier alpha value is -6.73. The number of H-pyrrole nitrogens is 2. The van der Waals surface area contributed by atoms with Gasteiger partial charge in [-0.25, -0.2) is 23.9 Å². The number of carbonyl (C=O) groups excluding carboxylic acids is 4. The summed E-state index contributed by atoms with van der Waals surface area (Å²) in [5.74, 6) is 1.60. The molecule has 2 saturated carbocycles. The van der Waals surface area contributed by atoms with E-state index in [1.807, 2.05) is 49.2 Å². The van der Waals surface area contributed by atoms with Crippen molar-refractivity contribution in [1.29, 1.82) is 0 Å². The molecule has 3 saturated heterocycles. The summed E-state index contributed by atoms with van der Waals surface area (Å²) in [4.78, 5) is 75.6. The predicted octanol–water partition coefficient (Wildman–Crippen LogP) is 8.96. The van der Waals surface area contributed by atoms with E-state index in [1.165, 1.54) is 38.0 Å². The fourth-order valence-corrected chi connectivity index (χ4v) is 12.9. The summed E-state index contributed by atoms with van der Waals surface area (Å²) >= 11 is 1.73. The standard InChI is InChI=1S/C53H58FN9O8S/c1-26(2)45(59-52(66)68-3)49(64)61-15-5-6-37(61)47-55-25-35(58-47)30-19-33(54)44-39-21-31-18-29(9-10-36(31)63(39)51(71-41(44)23-30)43-12-11-42(72-43)27-7-8-27)34-24-56-48(57-34)40-22-32-20-38(32)62(40)50(65)46(60-53(67)69-4)28-13-16-70-17-14-28/h9-12,18-19,21,23-28,32,37-38,40,45-46,51H,5-8,13-17,20,22H2,1-4H3,(H,55,58)(H,56,57)(H,59,66)(H,60,67)/t32-,37+,38-,40+,45+,46+,51?/m1/s1. The number of halogens is 1. The van der Waals surface area contributed by atoms with Gasteiger partial charge in [0.15, 0.2) is 0 Å². The molecule has 0 bridgehead atoms. The third-order valence-corrected chi connectivity index (χ3v) is 17.0. The Labute approximate surface area is 419 Å². The van der Waals surface area contributed by atoms with Crippen molar-refractivity contribution in [3.8, 4) is 39.5 Å². The van der Waals surface area contributed by atoms with Crippen molar-refractivity contribution in [2.24, 2.45) is 17.8 Å². The molecule has 2 aliphatic carbocycles. The minimum atomic E-state index is -0.769. The van der Waals surface area contributed by atoms with Crippen molar-refractivity contribution in [1.82, 2.24) is 44.9 Å². The van der Waals surface area contributed by atoms with Gasteiger partial charge >= 0.3 is 12.2 Å². The third kappa shape index (κ3) is 8.27. The van der Waals surface area contributed by atoms with Crippen LogP contribution < -0.4 is 15.4 Å². The van der Waals surface area contributed by atoms with E-state index in [0.717, 1.165) is 46.3 Å². The maximum atomic E-state index is 17.0. The number of likely N-dealkylation sites (tertiary alicyclic amines) is 2. The Bertz CT molecular complexity index is 3100. The van der Waals surface area contributed by atoms with E-state index in [4.69, 9.17) is 28.9 Å². The number of hydrogen-bond donors (Lipinski definition) is 4. The van der Waals surface area contributed by atoms with Crippen LogP contribution in [0, 0.1) is 23.6 Å². The molecule has 2 aromatic carbocycles. The maximum Gasteiger partial charge on any atom is 0.407 e. The number of alkyl carbamates (subject to hydrolysis) is 2. The second kappa shape index (κ2) is 18.4. The molecule has 12 rings (SSSR count). The van der Waals surface area contributed by atoms with E-state index in [9.17, 15) is 19.2 Å². The number of nitrogens with zero attached hydrogens (tertiary/aromatic N) is 5. The molecule has 4 aliphatic heterocycles. The Morgan fingerprint density at radius 1 is 0.819 bits per heavy atom. The normalized spacial score (nSPS) is 23.3. The molecular weight excluding hydrogens is 942 g/mol.